The lowest BCUT2D eigenvalue weighted by atomic mass is 10.1. The number of nitrogens with zero attached hydrogens (tertiary/aromatic N) is 4. The van der Waals surface area contributed by atoms with Crippen molar-refractivity contribution in [1.82, 2.24) is 19.3 Å². The molecule has 0 aliphatic carbocycles. The van der Waals surface area contributed by atoms with Crippen molar-refractivity contribution in [1.29, 1.82) is 0 Å². The third-order valence-corrected chi connectivity index (χ3v) is 4.63. The summed E-state index contributed by atoms with van der Waals surface area (Å²) in [6.07, 6.45) is 7.45. The number of benzene rings is 1. The van der Waals surface area contributed by atoms with Crippen LogP contribution in [-0.4, -0.2) is 32.2 Å². The summed E-state index contributed by atoms with van der Waals surface area (Å²) in [5, 5.41) is 0. The van der Waals surface area contributed by atoms with Gasteiger partial charge < -0.3 is 14.0 Å². The Kier molecular flexibility index (Phi) is 5.24. The molecule has 4 aromatic rings. The van der Waals surface area contributed by atoms with Crippen LogP contribution in [0.5, 0.6) is 5.75 Å². The third kappa shape index (κ3) is 4.27. The van der Waals surface area contributed by atoms with Gasteiger partial charge in [-0.2, -0.15) is 0 Å². The Hall–Kier alpha value is -3.67. The number of hydrogen-bond acceptors (Lipinski definition) is 4. The first-order chi connectivity index (χ1) is 14.1. The van der Waals surface area contributed by atoms with Crippen LogP contribution in [0.3, 0.4) is 0 Å². The Balaban J connectivity index is 1.49. The molecule has 0 atom stereocenters. The van der Waals surface area contributed by atoms with Crippen molar-refractivity contribution in [2.45, 2.75) is 20.1 Å². The zero-order chi connectivity index (χ0) is 20.2. The zero-order valence-electron chi connectivity index (χ0n) is 16.4. The highest BCUT2D eigenvalue weighted by atomic mass is 16.5. The Morgan fingerprint density at radius 1 is 1.10 bits per heavy atom. The summed E-state index contributed by atoms with van der Waals surface area (Å²) < 4.78 is 7.95. The highest BCUT2D eigenvalue weighted by Gasteiger charge is 2.17. The summed E-state index contributed by atoms with van der Waals surface area (Å²) in [5.74, 6) is 0.443. The molecular formula is C23H22N4O2. The molecule has 6 nitrogen and oxygen atoms in total. The minimum absolute atomic E-state index is 0.102. The van der Waals surface area contributed by atoms with Crippen molar-refractivity contribution in [2.75, 3.05) is 7.05 Å². The molecule has 29 heavy (non-hydrogen) atoms. The van der Waals surface area contributed by atoms with Crippen LogP contribution < -0.4 is 4.74 Å². The van der Waals surface area contributed by atoms with Crippen molar-refractivity contribution < 1.29 is 9.53 Å². The smallest absolute Gasteiger partial charge is 0.257 e. The standard InChI is InChI=1S/C23H22N4O2/c1-17-9-10-22-25-19(15-27(22)13-17)16-29-21-8-4-3-7-20(21)23(28)26(2)14-18-6-5-11-24-12-18/h3-13,15H,14,16H2,1-2H3. The fourth-order valence-electron chi connectivity index (χ4n) is 3.19. The van der Waals surface area contributed by atoms with Gasteiger partial charge in [0.2, 0.25) is 0 Å². The molecule has 0 aliphatic rings. The van der Waals surface area contributed by atoms with Crippen molar-refractivity contribution in [3.8, 4) is 5.75 Å². The first kappa shape index (κ1) is 18.7. The second-order valence-electron chi connectivity index (χ2n) is 7.01. The summed E-state index contributed by atoms with van der Waals surface area (Å²) in [5.41, 5.74) is 4.34. The topological polar surface area (TPSA) is 59.7 Å². The lowest BCUT2D eigenvalue weighted by Gasteiger charge is -2.19. The Bertz CT molecular complexity index is 1140. The normalized spacial score (nSPS) is 10.8. The van der Waals surface area contributed by atoms with Crippen molar-refractivity contribution >= 4 is 11.6 Å². The van der Waals surface area contributed by atoms with E-state index in [0.717, 1.165) is 22.5 Å². The fraction of sp³-hybridized carbons (Fsp3) is 0.174. The number of pyridine rings is 2. The van der Waals surface area contributed by atoms with Crippen LogP contribution in [0.2, 0.25) is 0 Å². The van der Waals surface area contributed by atoms with Crippen LogP contribution in [0.1, 0.15) is 27.2 Å². The van der Waals surface area contributed by atoms with Crippen LogP contribution in [-0.2, 0) is 13.2 Å². The molecule has 0 unspecified atom stereocenters. The number of hydrogen-bond donors (Lipinski definition) is 0. The summed E-state index contributed by atoms with van der Waals surface area (Å²) in [6, 6.07) is 15.1. The number of aromatic nitrogens is 3. The highest BCUT2D eigenvalue weighted by molar-refractivity contribution is 5.96. The van der Waals surface area contributed by atoms with E-state index in [1.54, 1.807) is 30.4 Å². The van der Waals surface area contributed by atoms with Gasteiger partial charge in [0.25, 0.3) is 5.91 Å². The van der Waals surface area contributed by atoms with Gasteiger partial charge in [0.1, 0.15) is 18.0 Å². The number of amides is 1. The summed E-state index contributed by atoms with van der Waals surface area (Å²) >= 11 is 0. The van der Waals surface area contributed by atoms with Gasteiger partial charge in [0.15, 0.2) is 0 Å². The summed E-state index contributed by atoms with van der Waals surface area (Å²) in [4.78, 5) is 23.3. The molecule has 0 saturated carbocycles. The molecule has 0 radical (unpaired) electrons. The van der Waals surface area contributed by atoms with Crippen molar-refractivity contribution in [3.63, 3.8) is 0 Å². The van der Waals surface area contributed by atoms with Crippen LogP contribution >= 0.6 is 0 Å². The van der Waals surface area contributed by atoms with Crippen molar-refractivity contribution in [2.24, 2.45) is 0 Å². The lowest BCUT2D eigenvalue weighted by molar-refractivity contribution is 0.0780. The monoisotopic (exact) mass is 386 g/mol. The number of ether oxygens (including phenoxy) is 1. The number of fused-ring (bicyclic) bond motifs is 1. The van der Waals surface area contributed by atoms with Crippen LogP contribution in [0.4, 0.5) is 0 Å². The Morgan fingerprint density at radius 3 is 2.79 bits per heavy atom. The molecule has 146 valence electrons. The van der Waals surface area contributed by atoms with E-state index >= 15 is 0 Å². The molecule has 3 aromatic heterocycles. The minimum atomic E-state index is -0.102. The molecule has 4 rings (SSSR count). The van der Waals surface area contributed by atoms with E-state index in [4.69, 9.17) is 4.74 Å². The number of aryl methyl sites for hydroxylation is 1. The number of carbonyl (C=O) groups is 1. The quantitative estimate of drug-likeness (QED) is 0.504. The first-order valence-electron chi connectivity index (χ1n) is 9.40. The van der Waals surface area contributed by atoms with Crippen LogP contribution in [0.15, 0.2) is 73.3 Å². The molecular weight excluding hydrogens is 364 g/mol. The maximum atomic E-state index is 13.0. The average Bonchev–Trinajstić information content (AvgIpc) is 3.14. The van der Waals surface area contributed by atoms with E-state index in [-0.39, 0.29) is 12.5 Å². The SMILES string of the molecule is Cc1ccc2nc(COc3ccccc3C(=O)N(C)Cc3cccnc3)cn2c1. The maximum Gasteiger partial charge on any atom is 0.257 e. The number of carbonyl (C=O) groups excluding carboxylic acids is 1. The molecule has 0 fully saturated rings. The first-order valence-corrected chi connectivity index (χ1v) is 9.40. The Morgan fingerprint density at radius 2 is 1.97 bits per heavy atom. The van der Waals surface area contributed by atoms with Gasteiger partial charge in [0, 0.05) is 38.4 Å². The number of rotatable bonds is 6. The van der Waals surface area contributed by atoms with Gasteiger partial charge >= 0.3 is 0 Å². The largest absolute Gasteiger partial charge is 0.486 e. The van der Waals surface area contributed by atoms with E-state index in [9.17, 15) is 4.79 Å². The average molecular weight is 386 g/mol. The van der Waals surface area contributed by atoms with Crippen LogP contribution in [0.25, 0.3) is 5.65 Å². The maximum absolute atomic E-state index is 13.0. The third-order valence-electron chi connectivity index (χ3n) is 4.63. The molecule has 0 saturated heterocycles. The predicted octanol–water partition coefficient (Wildman–Crippen LogP) is 3.89. The van der Waals surface area contributed by atoms with E-state index in [2.05, 4.69) is 9.97 Å². The molecule has 6 heteroatoms. The van der Waals surface area contributed by atoms with Gasteiger partial charge in [0.05, 0.1) is 11.3 Å². The second-order valence-corrected chi connectivity index (χ2v) is 7.01. The Labute approximate surface area is 169 Å². The molecule has 0 aliphatic heterocycles. The van der Waals surface area contributed by atoms with Gasteiger partial charge in [-0.25, -0.2) is 4.98 Å². The zero-order valence-corrected chi connectivity index (χ0v) is 16.4. The second kappa shape index (κ2) is 8.14. The van der Waals surface area contributed by atoms with Gasteiger partial charge in [-0.15, -0.1) is 0 Å². The highest BCUT2D eigenvalue weighted by Crippen LogP contribution is 2.21. The fourth-order valence-corrected chi connectivity index (χ4v) is 3.19. The lowest BCUT2D eigenvalue weighted by Crippen LogP contribution is -2.26. The molecule has 3 heterocycles. The summed E-state index contributed by atoms with van der Waals surface area (Å²) in [7, 11) is 1.77. The van der Waals surface area contributed by atoms with Crippen molar-refractivity contribution in [3.05, 3.63) is 95.7 Å². The number of para-hydroxylation sites is 1. The molecule has 0 bridgehead atoms. The number of imidazole rings is 1. The van der Waals surface area contributed by atoms with Crippen LogP contribution in [0, 0.1) is 6.92 Å². The molecule has 0 N–H and O–H groups in total. The predicted molar refractivity (Wildman–Crippen MR) is 111 cm³/mol. The molecule has 1 aromatic carbocycles. The minimum Gasteiger partial charge on any atom is -0.486 e. The van der Waals surface area contributed by atoms with E-state index in [0.29, 0.717) is 17.9 Å². The van der Waals surface area contributed by atoms with E-state index in [1.165, 1.54) is 0 Å². The molecule has 1 amide bonds. The van der Waals surface area contributed by atoms with Gasteiger partial charge in [-0.1, -0.05) is 24.3 Å². The summed E-state index contributed by atoms with van der Waals surface area (Å²) in [6.45, 7) is 2.81. The van der Waals surface area contributed by atoms with E-state index < -0.39 is 0 Å². The molecule has 0 spiro atoms. The van der Waals surface area contributed by atoms with Gasteiger partial charge in [-0.3, -0.25) is 9.78 Å². The van der Waals surface area contributed by atoms with Gasteiger partial charge in [-0.05, 0) is 42.3 Å². The van der Waals surface area contributed by atoms with E-state index in [1.807, 2.05) is 66.2 Å².